The summed E-state index contributed by atoms with van der Waals surface area (Å²) in [5.41, 5.74) is 8.66. The lowest BCUT2D eigenvalue weighted by molar-refractivity contribution is -0.385. The molecule has 0 atom stereocenters. The molecule has 2 aromatic carbocycles. The highest BCUT2D eigenvalue weighted by molar-refractivity contribution is 5.84. The van der Waals surface area contributed by atoms with E-state index in [1.54, 1.807) is 6.07 Å². The average molecular weight is 397 g/mol. The second kappa shape index (κ2) is 9.22. The maximum Gasteiger partial charge on any atom is 0.274 e. The number of benzene rings is 2. The molecule has 0 bridgehead atoms. The van der Waals surface area contributed by atoms with Crippen molar-refractivity contribution in [1.29, 1.82) is 0 Å². The third-order valence-corrected chi connectivity index (χ3v) is 4.54. The number of nitrogens with zero attached hydrogens (tertiary/aromatic N) is 5. The molecule has 4 N–H and O–H groups in total. The lowest BCUT2D eigenvalue weighted by Crippen LogP contribution is -2.28. The average Bonchev–Trinajstić information content (AvgIpc) is 3.15. The summed E-state index contributed by atoms with van der Waals surface area (Å²) in [6, 6.07) is 10.6. The summed E-state index contributed by atoms with van der Waals surface area (Å²) in [5, 5.41) is 28.8. The van der Waals surface area contributed by atoms with Crippen molar-refractivity contribution in [3.8, 4) is 0 Å². The number of anilines is 1. The Balaban J connectivity index is 1.85. The van der Waals surface area contributed by atoms with Gasteiger partial charge in [-0.2, -0.15) is 0 Å². The second-order valence-corrected chi connectivity index (χ2v) is 6.34. The zero-order valence-electron chi connectivity index (χ0n) is 16.1. The number of likely N-dealkylation sites (N-methyl/N-ethyl adjacent to an activating group) is 1. The minimum Gasteiger partial charge on any atom is -0.396 e. The van der Waals surface area contributed by atoms with E-state index >= 15 is 0 Å². The Kier molecular flexibility index (Phi) is 6.47. The molecule has 0 aliphatic carbocycles. The molecule has 29 heavy (non-hydrogen) atoms. The van der Waals surface area contributed by atoms with E-state index in [9.17, 15) is 15.2 Å². The quantitative estimate of drug-likeness (QED) is 0.287. The van der Waals surface area contributed by atoms with Crippen LogP contribution in [0, 0.1) is 10.1 Å². The number of H-pyrrole nitrogens is 1. The first kappa shape index (κ1) is 20.4. The third-order valence-electron chi connectivity index (χ3n) is 4.54. The minimum atomic E-state index is -0.480. The number of fused-ring (bicyclic) bond motifs is 1. The summed E-state index contributed by atoms with van der Waals surface area (Å²) in [5.74, 6) is 0.238. The van der Waals surface area contributed by atoms with Crippen LogP contribution in [0.3, 0.4) is 0 Å². The minimum absolute atomic E-state index is 0.0740. The van der Waals surface area contributed by atoms with Gasteiger partial charge in [-0.1, -0.05) is 0 Å². The van der Waals surface area contributed by atoms with Gasteiger partial charge < -0.3 is 20.7 Å². The molecule has 0 fully saturated rings. The predicted octanol–water partition coefficient (Wildman–Crippen LogP) is 3.21. The number of nitrogens with one attached hydrogen (secondary N) is 1. The van der Waals surface area contributed by atoms with Crippen molar-refractivity contribution in [3.63, 3.8) is 0 Å². The van der Waals surface area contributed by atoms with E-state index in [2.05, 4.69) is 32.0 Å². The number of hydrogen-bond acceptors (Lipinski definition) is 8. The van der Waals surface area contributed by atoms with Gasteiger partial charge in [0.2, 0.25) is 5.95 Å². The number of aromatic nitrogens is 2. The first-order valence-corrected chi connectivity index (χ1v) is 9.31. The Morgan fingerprint density at radius 1 is 1.24 bits per heavy atom. The number of aliphatic hydroxyl groups excluding tert-OH is 1. The molecular formula is C19H23N7O3. The first-order chi connectivity index (χ1) is 14.1. The van der Waals surface area contributed by atoms with Crippen molar-refractivity contribution >= 4 is 34.0 Å². The zero-order chi connectivity index (χ0) is 20.8. The molecule has 0 amide bonds. The molecule has 0 spiro atoms. The number of imidazole rings is 1. The fourth-order valence-electron chi connectivity index (χ4n) is 3.15. The second-order valence-electron chi connectivity index (χ2n) is 6.34. The lowest BCUT2D eigenvalue weighted by atomic mass is 10.1. The van der Waals surface area contributed by atoms with Crippen LogP contribution in [0.4, 0.5) is 23.0 Å². The fraction of sp³-hybridized carbons (Fsp3) is 0.316. The first-order valence-electron chi connectivity index (χ1n) is 9.31. The van der Waals surface area contributed by atoms with Crippen LogP contribution >= 0.6 is 0 Å². The third kappa shape index (κ3) is 4.55. The van der Waals surface area contributed by atoms with Gasteiger partial charge in [0.05, 0.1) is 21.7 Å². The number of nitrogens with two attached hydrogens (primary N) is 1. The van der Waals surface area contributed by atoms with Gasteiger partial charge in [-0.3, -0.25) is 10.1 Å². The van der Waals surface area contributed by atoms with Crippen LogP contribution in [-0.4, -0.2) is 46.2 Å². The fourth-order valence-corrected chi connectivity index (χ4v) is 3.15. The van der Waals surface area contributed by atoms with E-state index in [0.717, 1.165) is 18.8 Å². The van der Waals surface area contributed by atoms with Gasteiger partial charge in [0.15, 0.2) is 0 Å². The van der Waals surface area contributed by atoms with Crippen LogP contribution < -0.4 is 10.6 Å². The molecular weight excluding hydrogens is 374 g/mol. The molecule has 152 valence electrons. The van der Waals surface area contributed by atoms with Gasteiger partial charge in [-0.15, -0.1) is 10.2 Å². The number of aromatic amines is 1. The molecule has 10 nitrogen and oxygen atoms in total. The van der Waals surface area contributed by atoms with Crippen molar-refractivity contribution in [3.05, 3.63) is 52.1 Å². The van der Waals surface area contributed by atoms with Gasteiger partial charge in [-0.05, 0) is 37.3 Å². The van der Waals surface area contributed by atoms with Crippen LogP contribution in [0.1, 0.15) is 12.5 Å². The van der Waals surface area contributed by atoms with Crippen molar-refractivity contribution in [2.45, 2.75) is 13.3 Å². The maximum absolute atomic E-state index is 11.2. The van der Waals surface area contributed by atoms with E-state index < -0.39 is 4.92 Å². The van der Waals surface area contributed by atoms with Gasteiger partial charge in [0.1, 0.15) is 5.52 Å². The molecule has 0 aliphatic rings. The van der Waals surface area contributed by atoms with Gasteiger partial charge in [0.25, 0.3) is 5.69 Å². The highest BCUT2D eigenvalue weighted by Gasteiger charge is 2.19. The Bertz CT molecular complexity index is 1010. The topological polar surface area (TPSA) is 146 Å². The van der Waals surface area contributed by atoms with E-state index in [-0.39, 0.29) is 24.7 Å². The number of hydrogen-bond donors (Lipinski definition) is 3. The van der Waals surface area contributed by atoms with Gasteiger partial charge in [-0.25, -0.2) is 4.98 Å². The molecule has 0 unspecified atom stereocenters. The summed E-state index contributed by atoms with van der Waals surface area (Å²) in [7, 11) is 0. The Labute approximate surface area is 167 Å². The summed E-state index contributed by atoms with van der Waals surface area (Å²) in [6.45, 7) is 4.07. The van der Waals surface area contributed by atoms with Crippen LogP contribution in [0.15, 0.2) is 46.6 Å². The highest BCUT2D eigenvalue weighted by Crippen LogP contribution is 2.29. The Morgan fingerprint density at radius 3 is 2.62 bits per heavy atom. The van der Waals surface area contributed by atoms with Gasteiger partial charge in [0, 0.05) is 44.4 Å². The van der Waals surface area contributed by atoms with Crippen molar-refractivity contribution in [2.75, 3.05) is 31.1 Å². The number of aliphatic hydroxyl groups is 1. The molecule has 3 aromatic rings. The van der Waals surface area contributed by atoms with Crippen molar-refractivity contribution in [1.82, 2.24) is 9.97 Å². The van der Waals surface area contributed by atoms with E-state index in [1.165, 1.54) is 6.07 Å². The Morgan fingerprint density at radius 2 is 2.00 bits per heavy atom. The van der Waals surface area contributed by atoms with Crippen LogP contribution in [-0.2, 0) is 6.42 Å². The summed E-state index contributed by atoms with van der Waals surface area (Å²) in [4.78, 5) is 20.2. The van der Waals surface area contributed by atoms with E-state index in [0.29, 0.717) is 28.8 Å². The highest BCUT2D eigenvalue weighted by atomic mass is 16.6. The predicted molar refractivity (Wildman–Crippen MR) is 111 cm³/mol. The zero-order valence-corrected chi connectivity index (χ0v) is 16.1. The van der Waals surface area contributed by atoms with Crippen molar-refractivity contribution in [2.24, 2.45) is 16.0 Å². The molecule has 0 aliphatic heterocycles. The molecule has 3 rings (SSSR count). The van der Waals surface area contributed by atoms with Gasteiger partial charge >= 0.3 is 0 Å². The SMILES string of the molecule is CCN(CCN)c1ccc(N=Nc2nc3c(CCO)c([N+](=O)[O-])ccc3[nH]2)cc1. The number of rotatable bonds is 9. The smallest absolute Gasteiger partial charge is 0.274 e. The molecule has 1 heterocycles. The molecule has 0 saturated carbocycles. The van der Waals surface area contributed by atoms with Crippen molar-refractivity contribution < 1.29 is 10.0 Å². The number of azo groups is 1. The van der Waals surface area contributed by atoms with Crippen LogP contribution in [0.25, 0.3) is 11.0 Å². The Hall–Kier alpha value is -3.37. The lowest BCUT2D eigenvalue weighted by Gasteiger charge is -2.22. The molecule has 10 heteroatoms. The molecule has 0 saturated heterocycles. The van der Waals surface area contributed by atoms with Crippen LogP contribution in [0.5, 0.6) is 0 Å². The largest absolute Gasteiger partial charge is 0.396 e. The summed E-state index contributed by atoms with van der Waals surface area (Å²) in [6.07, 6.45) is 0.132. The normalized spacial score (nSPS) is 11.4. The summed E-state index contributed by atoms with van der Waals surface area (Å²) < 4.78 is 0. The standard InChI is InChI=1S/C19H23N7O3/c1-2-25(11-10-20)14-5-3-13(4-6-14)23-24-19-21-16-7-8-17(26(28)29)15(9-12-27)18(16)22-19/h3-8,27H,2,9-12,20H2,1H3,(H,21,22). The number of nitro groups is 1. The maximum atomic E-state index is 11.2. The van der Waals surface area contributed by atoms with Crippen LogP contribution in [0.2, 0.25) is 0 Å². The summed E-state index contributed by atoms with van der Waals surface area (Å²) >= 11 is 0. The number of nitro benzene ring substituents is 1. The monoisotopic (exact) mass is 397 g/mol. The molecule has 1 aromatic heterocycles. The molecule has 0 radical (unpaired) electrons. The van der Waals surface area contributed by atoms with E-state index in [1.807, 2.05) is 24.3 Å². The van der Waals surface area contributed by atoms with E-state index in [4.69, 9.17) is 5.73 Å².